The Balaban J connectivity index is 1.76. The molecule has 3 aromatic rings. The summed E-state index contributed by atoms with van der Waals surface area (Å²) in [5, 5.41) is 33.6. The molecule has 35 heavy (non-hydrogen) atoms. The molecule has 8 nitrogen and oxygen atoms in total. The maximum Gasteiger partial charge on any atom is 0.338 e. The van der Waals surface area contributed by atoms with Crippen LogP contribution in [0.25, 0.3) is 0 Å². The van der Waals surface area contributed by atoms with Crippen molar-refractivity contribution in [2.75, 3.05) is 13.2 Å². The minimum absolute atomic E-state index is 0.00160. The zero-order valence-corrected chi connectivity index (χ0v) is 18.6. The van der Waals surface area contributed by atoms with Crippen LogP contribution in [0.5, 0.6) is 0 Å². The summed E-state index contributed by atoms with van der Waals surface area (Å²) in [6.07, 6.45) is -3.33. The number of aliphatic hydroxyl groups is 3. The number of aliphatic hydroxyl groups excluding tert-OH is 1. The van der Waals surface area contributed by atoms with Gasteiger partial charge in [-0.2, -0.15) is 0 Å². The fourth-order valence-corrected chi connectivity index (χ4v) is 4.29. The highest BCUT2D eigenvalue weighted by molar-refractivity contribution is 6.13. The van der Waals surface area contributed by atoms with Crippen molar-refractivity contribution in [3.63, 3.8) is 0 Å². The van der Waals surface area contributed by atoms with E-state index in [0.29, 0.717) is 0 Å². The van der Waals surface area contributed by atoms with Gasteiger partial charge in [0.25, 0.3) is 0 Å². The molecule has 4 rings (SSSR count). The van der Waals surface area contributed by atoms with Crippen molar-refractivity contribution in [3.05, 3.63) is 108 Å². The first-order valence-corrected chi connectivity index (χ1v) is 11.0. The number of carbonyl (C=O) groups excluding carboxylic acids is 3. The second-order valence-electron chi connectivity index (χ2n) is 8.18. The summed E-state index contributed by atoms with van der Waals surface area (Å²) < 4.78 is 10.9. The molecule has 8 heteroatoms. The van der Waals surface area contributed by atoms with Crippen molar-refractivity contribution >= 4 is 17.5 Å². The number of ether oxygens (including phenoxy) is 2. The van der Waals surface area contributed by atoms with Crippen molar-refractivity contribution < 1.29 is 39.2 Å². The van der Waals surface area contributed by atoms with Gasteiger partial charge in [-0.1, -0.05) is 78.9 Å². The second kappa shape index (κ2) is 9.89. The molecule has 0 radical (unpaired) electrons. The number of benzene rings is 3. The molecule has 0 aliphatic carbocycles. The minimum atomic E-state index is -2.88. The third kappa shape index (κ3) is 4.17. The van der Waals surface area contributed by atoms with Crippen LogP contribution in [0, 0.1) is 0 Å². The number of hydrogen-bond acceptors (Lipinski definition) is 8. The smallest absolute Gasteiger partial charge is 0.338 e. The van der Waals surface area contributed by atoms with Crippen LogP contribution in [-0.4, -0.2) is 69.5 Å². The van der Waals surface area contributed by atoms with Gasteiger partial charge in [0.1, 0.15) is 18.8 Å². The van der Waals surface area contributed by atoms with Gasteiger partial charge in [0, 0.05) is 11.1 Å². The summed E-state index contributed by atoms with van der Waals surface area (Å²) in [7, 11) is 0. The van der Waals surface area contributed by atoms with Gasteiger partial charge in [0.15, 0.2) is 11.2 Å². The van der Waals surface area contributed by atoms with E-state index in [1.807, 2.05) is 0 Å². The molecule has 1 fully saturated rings. The third-order valence-electron chi connectivity index (χ3n) is 6.15. The monoisotopic (exact) mass is 476 g/mol. The van der Waals surface area contributed by atoms with Crippen molar-refractivity contribution in [2.24, 2.45) is 0 Å². The van der Waals surface area contributed by atoms with E-state index >= 15 is 0 Å². The van der Waals surface area contributed by atoms with Gasteiger partial charge in [-0.25, -0.2) is 4.79 Å². The van der Waals surface area contributed by atoms with Crippen LogP contribution in [0.3, 0.4) is 0 Å². The molecular weight excluding hydrogens is 452 g/mol. The quantitative estimate of drug-likeness (QED) is 0.332. The topological polar surface area (TPSA) is 130 Å². The molecule has 0 aromatic heterocycles. The number of ketones is 2. The number of esters is 1. The van der Waals surface area contributed by atoms with Crippen LogP contribution in [0.2, 0.25) is 0 Å². The molecule has 1 aliphatic heterocycles. The first kappa shape index (κ1) is 24.4. The Morgan fingerprint density at radius 2 is 1.09 bits per heavy atom. The first-order valence-electron chi connectivity index (χ1n) is 11.0. The van der Waals surface area contributed by atoms with Gasteiger partial charge in [-0.3, -0.25) is 9.59 Å². The van der Waals surface area contributed by atoms with Crippen LogP contribution in [0.1, 0.15) is 31.1 Å². The zero-order chi connectivity index (χ0) is 25.1. The highest BCUT2D eigenvalue weighted by atomic mass is 16.6. The van der Waals surface area contributed by atoms with E-state index in [4.69, 9.17) is 9.47 Å². The van der Waals surface area contributed by atoms with Crippen molar-refractivity contribution in [3.8, 4) is 0 Å². The lowest BCUT2D eigenvalue weighted by Gasteiger charge is -2.38. The van der Waals surface area contributed by atoms with Crippen LogP contribution in [-0.2, 0) is 9.47 Å². The van der Waals surface area contributed by atoms with Crippen LogP contribution >= 0.6 is 0 Å². The van der Waals surface area contributed by atoms with Gasteiger partial charge < -0.3 is 24.8 Å². The lowest BCUT2D eigenvalue weighted by atomic mass is 9.70. The Kier molecular flexibility index (Phi) is 6.90. The molecule has 4 atom stereocenters. The van der Waals surface area contributed by atoms with Crippen LogP contribution in [0.15, 0.2) is 91.0 Å². The minimum Gasteiger partial charge on any atom is -0.459 e. The summed E-state index contributed by atoms with van der Waals surface area (Å²) in [5.74, 6) is -2.78. The Morgan fingerprint density at radius 1 is 0.686 bits per heavy atom. The maximum absolute atomic E-state index is 13.6. The van der Waals surface area contributed by atoms with Crippen molar-refractivity contribution in [1.82, 2.24) is 0 Å². The average Bonchev–Trinajstić information content (AvgIpc) is 3.15. The van der Waals surface area contributed by atoms with Gasteiger partial charge in [0.2, 0.25) is 11.6 Å². The molecular formula is C27H24O8. The lowest BCUT2D eigenvalue weighted by Crippen LogP contribution is -2.68. The highest BCUT2D eigenvalue weighted by Crippen LogP contribution is 2.44. The molecule has 1 heterocycles. The summed E-state index contributed by atoms with van der Waals surface area (Å²) in [6.45, 7) is -1.55. The molecule has 0 amide bonds. The van der Waals surface area contributed by atoms with Gasteiger partial charge in [-0.15, -0.1) is 0 Å². The summed E-state index contributed by atoms with van der Waals surface area (Å²) in [6, 6.07) is 23.2. The average molecular weight is 476 g/mol. The van der Waals surface area contributed by atoms with Gasteiger partial charge in [0.05, 0.1) is 12.2 Å². The molecule has 3 aromatic carbocycles. The molecule has 1 saturated heterocycles. The van der Waals surface area contributed by atoms with E-state index in [2.05, 4.69) is 0 Å². The third-order valence-corrected chi connectivity index (χ3v) is 6.15. The Labute approximate surface area is 201 Å². The van der Waals surface area contributed by atoms with Crippen LogP contribution < -0.4 is 0 Å². The second-order valence-corrected chi connectivity index (χ2v) is 8.18. The summed E-state index contributed by atoms with van der Waals surface area (Å²) >= 11 is 0. The largest absolute Gasteiger partial charge is 0.459 e. The van der Waals surface area contributed by atoms with E-state index in [0.717, 1.165) is 0 Å². The number of carbonyl (C=O) groups is 3. The number of Topliss-reactive ketones (excluding diaryl/α,β-unsaturated/α-hetero) is 2. The SMILES string of the molecule is O=C(OC[C@H]1O[C@H](CO)[C@](O)(C(=O)c2ccccc2)[C@@]1(O)C(=O)c1ccccc1)c1ccccc1. The first-order chi connectivity index (χ1) is 16.8. The predicted molar refractivity (Wildman–Crippen MR) is 124 cm³/mol. The lowest BCUT2D eigenvalue weighted by molar-refractivity contribution is -0.100. The molecule has 0 spiro atoms. The van der Waals surface area contributed by atoms with E-state index in [9.17, 15) is 29.7 Å². The van der Waals surface area contributed by atoms with E-state index in [-0.39, 0.29) is 16.7 Å². The molecule has 0 bridgehead atoms. The van der Waals surface area contributed by atoms with E-state index < -0.39 is 54.2 Å². The molecule has 0 unspecified atom stereocenters. The molecule has 0 saturated carbocycles. The van der Waals surface area contributed by atoms with Crippen LogP contribution in [0.4, 0.5) is 0 Å². The Morgan fingerprint density at radius 3 is 1.51 bits per heavy atom. The van der Waals surface area contributed by atoms with Crippen molar-refractivity contribution in [1.29, 1.82) is 0 Å². The number of hydrogen-bond donors (Lipinski definition) is 3. The standard InChI is InChI=1S/C27H24O8/c28-16-21-26(32,23(29)18-10-4-1-5-11-18)27(33,24(30)19-12-6-2-7-13-19)22(35-21)17-34-25(31)20-14-8-3-9-15-20/h1-15,21-22,28,32-33H,16-17H2/t21-,22-,26+,27+/m1/s1. The highest BCUT2D eigenvalue weighted by Gasteiger charge is 2.73. The normalized spacial score (nSPS) is 25.7. The maximum atomic E-state index is 13.6. The Bertz CT molecular complexity index is 1200. The molecule has 1 aliphatic rings. The zero-order valence-electron chi connectivity index (χ0n) is 18.6. The molecule has 3 N–H and O–H groups in total. The van der Waals surface area contributed by atoms with E-state index in [1.54, 1.807) is 54.6 Å². The van der Waals surface area contributed by atoms with Crippen molar-refractivity contribution in [2.45, 2.75) is 23.4 Å². The fourth-order valence-electron chi connectivity index (χ4n) is 4.29. The number of rotatable bonds is 8. The van der Waals surface area contributed by atoms with E-state index in [1.165, 1.54) is 36.4 Å². The fraction of sp³-hybridized carbons (Fsp3) is 0.222. The summed E-state index contributed by atoms with van der Waals surface area (Å²) in [5.41, 5.74) is -5.54. The van der Waals surface area contributed by atoms with Gasteiger partial charge >= 0.3 is 5.97 Å². The van der Waals surface area contributed by atoms with Gasteiger partial charge in [-0.05, 0) is 12.1 Å². The molecule has 180 valence electrons. The predicted octanol–water partition coefficient (Wildman–Crippen LogP) is 1.83. The summed E-state index contributed by atoms with van der Waals surface area (Å²) in [4.78, 5) is 39.7. The Hall–Kier alpha value is -3.69.